The van der Waals surface area contributed by atoms with Crippen LogP contribution in [0.1, 0.15) is 39.1 Å². The molecule has 0 atom stereocenters. The topological polar surface area (TPSA) is 233 Å². The van der Waals surface area contributed by atoms with Crippen molar-refractivity contribution in [2.45, 2.75) is 40.0 Å². The third-order valence-electron chi connectivity index (χ3n) is 6.44. The lowest BCUT2D eigenvalue weighted by Crippen LogP contribution is -2.19. The van der Waals surface area contributed by atoms with Gasteiger partial charge in [-0.2, -0.15) is 26.3 Å². The van der Waals surface area contributed by atoms with Gasteiger partial charge < -0.3 is 28.9 Å². The highest BCUT2D eigenvalue weighted by molar-refractivity contribution is 6.63. The number of aromatic hydroxyl groups is 1. The van der Waals surface area contributed by atoms with Crippen molar-refractivity contribution in [1.29, 1.82) is 0 Å². The first-order chi connectivity index (χ1) is 24.7. The summed E-state index contributed by atoms with van der Waals surface area (Å²) in [5, 5.41) is 15.5. The van der Waals surface area contributed by atoms with Crippen molar-refractivity contribution in [3.8, 4) is 34.1 Å². The molecule has 0 aliphatic heterocycles. The van der Waals surface area contributed by atoms with E-state index in [1.54, 1.807) is 27.7 Å². The lowest BCUT2D eigenvalue weighted by molar-refractivity contribution is -0.143. The summed E-state index contributed by atoms with van der Waals surface area (Å²) >= 11 is 4.97. The van der Waals surface area contributed by atoms with E-state index in [4.69, 9.17) is 16.3 Å². The molecule has 0 fully saturated rings. The number of H-pyrrole nitrogens is 2. The third kappa shape index (κ3) is 9.19. The fourth-order valence-corrected chi connectivity index (χ4v) is 3.81. The van der Waals surface area contributed by atoms with Crippen molar-refractivity contribution in [2.24, 2.45) is 11.8 Å². The van der Waals surface area contributed by atoms with Crippen LogP contribution in [-0.4, -0.2) is 56.5 Å². The second-order valence-corrected chi connectivity index (χ2v) is 11.4. The van der Waals surface area contributed by atoms with Crippen LogP contribution in [0.5, 0.6) is 11.5 Å². The molecule has 6 aromatic heterocycles. The van der Waals surface area contributed by atoms with Gasteiger partial charge in [0.2, 0.25) is 5.24 Å². The number of nitrogens with one attached hydrogen (secondary N) is 2. The van der Waals surface area contributed by atoms with Crippen molar-refractivity contribution in [3.63, 3.8) is 0 Å². The minimum absolute atomic E-state index is 0.000639. The summed E-state index contributed by atoms with van der Waals surface area (Å²) in [6, 6.07) is 1.06. The van der Waals surface area contributed by atoms with E-state index in [0.29, 0.717) is 12.1 Å². The fraction of sp³-hybridized carbons (Fsp3) is 0.267. The number of carbonyl (C=O) groups excluding carboxylic acids is 2. The Morgan fingerprint density at radius 3 is 1.58 bits per heavy atom. The Morgan fingerprint density at radius 2 is 1.15 bits per heavy atom. The second-order valence-electron chi connectivity index (χ2n) is 11.0. The minimum atomic E-state index is -4.76. The smallest absolute Gasteiger partial charge is 0.436 e. The summed E-state index contributed by atoms with van der Waals surface area (Å²) in [5.74, 6) is -3.31. The van der Waals surface area contributed by atoms with Crippen LogP contribution in [0.3, 0.4) is 0 Å². The van der Waals surface area contributed by atoms with Crippen LogP contribution in [0, 0.1) is 11.8 Å². The molecular formula is C30H23ClF6N8O8. The Morgan fingerprint density at radius 1 is 0.736 bits per heavy atom. The fourth-order valence-electron chi connectivity index (χ4n) is 3.81. The van der Waals surface area contributed by atoms with Crippen molar-refractivity contribution in [3.05, 3.63) is 69.0 Å². The number of halogens is 7. The molecule has 0 aliphatic carbocycles. The number of nitrogens with zero attached hydrogens (tertiary/aromatic N) is 6. The highest BCUT2D eigenvalue weighted by Gasteiger charge is 2.37. The maximum Gasteiger partial charge on any atom is 0.436 e. The predicted octanol–water partition coefficient (Wildman–Crippen LogP) is 5.66. The molecule has 0 spiro atoms. The van der Waals surface area contributed by atoms with Gasteiger partial charge in [0.1, 0.15) is 22.2 Å². The van der Waals surface area contributed by atoms with Gasteiger partial charge in [-0.05, 0) is 11.6 Å². The normalized spacial score (nSPS) is 11.6. The zero-order valence-electron chi connectivity index (χ0n) is 27.3. The molecular weight excluding hydrogens is 750 g/mol. The summed E-state index contributed by atoms with van der Waals surface area (Å²) < 4.78 is 90.1. The van der Waals surface area contributed by atoms with Gasteiger partial charge in [-0.25, -0.2) is 19.9 Å². The summed E-state index contributed by atoms with van der Waals surface area (Å²) in [6.45, 7) is 6.63. The van der Waals surface area contributed by atoms with Crippen LogP contribution in [0.25, 0.3) is 45.0 Å². The summed E-state index contributed by atoms with van der Waals surface area (Å²) in [7, 11) is 0. The van der Waals surface area contributed by atoms with Crippen molar-refractivity contribution in [1.82, 2.24) is 40.2 Å². The highest BCUT2D eigenvalue weighted by Crippen LogP contribution is 2.37. The van der Waals surface area contributed by atoms with E-state index in [1.165, 1.54) is 24.8 Å². The number of fused-ring (bicyclic) bond motifs is 2. The van der Waals surface area contributed by atoms with E-state index in [9.17, 15) is 50.6 Å². The van der Waals surface area contributed by atoms with Gasteiger partial charge >= 0.3 is 18.3 Å². The number of hydrogen-bond acceptors (Lipinski definition) is 14. The van der Waals surface area contributed by atoms with Gasteiger partial charge in [0, 0.05) is 42.8 Å². The summed E-state index contributed by atoms with van der Waals surface area (Å²) in [5.41, 5.74) is -5.38. The highest BCUT2D eigenvalue weighted by atomic mass is 35.5. The Balaban J connectivity index is 0.000000209. The second kappa shape index (κ2) is 15.6. The molecule has 6 rings (SSSR count). The molecule has 0 saturated heterocycles. The minimum Gasteiger partial charge on any atom is -0.505 e. The largest absolute Gasteiger partial charge is 0.505 e. The average Bonchev–Trinajstić information content (AvgIpc) is 3.77. The number of alkyl halides is 6. The number of carbonyl (C=O) groups is 2. The van der Waals surface area contributed by atoms with Crippen LogP contribution in [0.4, 0.5) is 26.3 Å². The maximum absolute atomic E-state index is 12.8. The molecule has 0 radical (unpaired) electrons. The lowest BCUT2D eigenvalue weighted by atomic mass is 10.1. The van der Waals surface area contributed by atoms with Crippen LogP contribution in [-0.2, 0) is 21.9 Å². The van der Waals surface area contributed by atoms with E-state index < -0.39 is 75.1 Å². The van der Waals surface area contributed by atoms with Crippen LogP contribution >= 0.6 is 11.6 Å². The van der Waals surface area contributed by atoms with Gasteiger partial charge in [0.25, 0.3) is 11.1 Å². The van der Waals surface area contributed by atoms with Crippen molar-refractivity contribution >= 4 is 45.1 Å². The molecule has 3 N–H and O–H groups in total. The number of rotatable bonds is 5. The first kappa shape index (κ1) is 39.6. The molecule has 23 heteroatoms. The molecule has 0 bridgehead atoms. The van der Waals surface area contributed by atoms with Crippen molar-refractivity contribution in [2.75, 3.05) is 0 Å². The first-order valence-electron chi connectivity index (χ1n) is 14.6. The van der Waals surface area contributed by atoms with Crippen LogP contribution in [0.2, 0.25) is 0 Å². The van der Waals surface area contributed by atoms with Crippen molar-refractivity contribution < 1.29 is 54.8 Å². The third-order valence-corrected chi connectivity index (χ3v) is 6.88. The van der Waals surface area contributed by atoms with E-state index in [2.05, 4.69) is 49.3 Å². The monoisotopic (exact) mass is 772 g/mol. The number of hydrogen-bond donors (Lipinski definition) is 3. The molecule has 0 saturated carbocycles. The Labute approximate surface area is 295 Å². The van der Waals surface area contributed by atoms with E-state index in [0.717, 1.165) is 0 Å². The molecule has 16 nitrogen and oxygen atoms in total. The Bertz CT molecular complexity index is 2400. The number of ether oxygens (including phenoxy) is 1. The molecule has 0 unspecified atom stereocenters. The quantitative estimate of drug-likeness (QED) is 0.109. The zero-order chi connectivity index (χ0) is 39.4. The van der Waals surface area contributed by atoms with Gasteiger partial charge in [-0.3, -0.25) is 19.2 Å². The SMILES string of the molecule is CC(C)C(=O)Cl.CC(C)C(=O)Oc1c(-c2cc(C(F)(F)F)no2)c(=O)[nH]c2nccnc12.O=c1[nH]c2nccnc2c(O)c1-c1cc(C(F)(F)F)no1. The number of pyridine rings is 2. The van der Waals surface area contributed by atoms with Gasteiger partial charge in [-0.1, -0.05) is 38.0 Å². The van der Waals surface area contributed by atoms with Crippen LogP contribution in [0.15, 0.2) is 55.6 Å². The number of esters is 1. The van der Waals surface area contributed by atoms with E-state index in [1.807, 2.05) is 0 Å². The molecule has 280 valence electrons. The Kier molecular flexibility index (Phi) is 11.6. The number of aromatic amines is 2. The Hall–Kier alpha value is -6.19. The molecule has 0 amide bonds. The number of aromatic nitrogens is 8. The molecule has 6 heterocycles. The summed E-state index contributed by atoms with van der Waals surface area (Å²) in [4.78, 5) is 66.3. The van der Waals surface area contributed by atoms with E-state index >= 15 is 0 Å². The standard InChI is InChI=1S/C15H11F3N4O4.C11H5F3N4O3.C4H7ClO/c1-6(2)14(24)25-11-9(7-5-8(22-26-7)15(16,17)18)13(23)21-12-10(11)19-3-4-20-12;12-11(13,14)5-3-4(21-18-5)6-8(19)7-9(17-10(6)20)16-2-1-15-7;1-3(2)4(5)6/h3-6H,1-2H3,(H,20,21,23);1-3H,(H2,16,17,19,20);3H,1-2H3. The molecule has 0 aliphatic rings. The van der Waals surface area contributed by atoms with Gasteiger partial charge in [-0.15, -0.1) is 0 Å². The lowest BCUT2D eigenvalue weighted by Gasteiger charge is -2.11. The van der Waals surface area contributed by atoms with Gasteiger partial charge in [0.05, 0.1) is 5.92 Å². The molecule has 6 aromatic rings. The molecule has 0 aromatic carbocycles. The van der Waals surface area contributed by atoms with Gasteiger partial charge in [0.15, 0.2) is 45.7 Å². The molecule has 53 heavy (non-hydrogen) atoms. The summed E-state index contributed by atoms with van der Waals surface area (Å²) in [6.07, 6.45) is -4.37. The first-order valence-corrected chi connectivity index (χ1v) is 15.0. The zero-order valence-corrected chi connectivity index (χ0v) is 28.0. The predicted molar refractivity (Wildman–Crippen MR) is 169 cm³/mol. The van der Waals surface area contributed by atoms with Crippen LogP contribution < -0.4 is 15.9 Å². The maximum atomic E-state index is 12.8. The average molecular weight is 773 g/mol. The van der Waals surface area contributed by atoms with E-state index in [-0.39, 0.29) is 39.2 Å².